The number of hydrogen-bond acceptors (Lipinski definition) is 4. The maximum atomic E-state index is 12.4. The number of benzene rings is 2. The molecule has 0 aromatic heterocycles. The van der Waals surface area contributed by atoms with Gasteiger partial charge in [0.25, 0.3) is 5.91 Å². The molecule has 0 aliphatic heterocycles. The van der Waals surface area contributed by atoms with Gasteiger partial charge < -0.3 is 19.7 Å². The number of methoxy groups -OCH3 is 2. The molecule has 144 valence electrons. The van der Waals surface area contributed by atoms with Crippen molar-refractivity contribution in [3.8, 4) is 11.5 Å². The van der Waals surface area contributed by atoms with Crippen LogP contribution in [0.15, 0.2) is 36.4 Å². The normalized spacial score (nSPS) is 10.3. The van der Waals surface area contributed by atoms with Crippen molar-refractivity contribution in [1.29, 1.82) is 0 Å². The molecule has 2 aromatic carbocycles. The summed E-state index contributed by atoms with van der Waals surface area (Å²) in [5, 5.41) is 3.36. The summed E-state index contributed by atoms with van der Waals surface area (Å²) < 4.78 is 10.4. The van der Waals surface area contributed by atoms with E-state index in [1.165, 1.54) is 21.1 Å². The summed E-state index contributed by atoms with van der Waals surface area (Å²) in [7, 11) is 3.04. The molecule has 0 bridgehead atoms. The topological polar surface area (TPSA) is 67.9 Å². The lowest BCUT2D eigenvalue weighted by Crippen LogP contribution is -2.38. The van der Waals surface area contributed by atoms with Gasteiger partial charge in [0.15, 0.2) is 0 Å². The van der Waals surface area contributed by atoms with Crippen molar-refractivity contribution in [2.24, 2.45) is 0 Å². The van der Waals surface area contributed by atoms with Crippen molar-refractivity contribution < 1.29 is 19.1 Å². The third kappa shape index (κ3) is 5.37. The standard InChI is InChI=1S/C20H23ClN2O4/c1-13-5-6-16(21)11-19(13)23(14(2)24)8-7-22-20(25)15-9-17(26-3)12-18(10-15)27-4/h5-6,9-12H,7-8H2,1-4H3,(H,22,25). The highest BCUT2D eigenvalue weighted by molar-refractivity contribution is 6.31. The number of nitrogens with one attached hydrogen (secondary N) is 1. The molecule has 0 unspecified atom stereocenters. The zero-order valence-corrected chi connectivity index (χ0v) is 16.6. The van der Waals surface area contributed by atoms with E-state index in [0.717, 1.165) is 11.3 Å². The quantitative estimate of drug-likeness (QED) is 0.786. The molecular formula is C20H23ClN2O4. The summed E-state index contributed by atoms with van der Waals surface area (Å²) in [5.74, 6) is 0.648. The molecule has 0 aliphatic carbocycles. The lowest BCUT2D eigenvalue weighted by atomic mass is 10.1. The van der Waals surface area contributed by atoms with Gasteiger partial charge in [0.2, 0.25) is 5.91 Å². The molecule has 2 aromatic rings. The Hall–Kier alpha value is -2.73. The van der Waals surface area contributed by atoms with Crippen LogP contribution < -0.4 is 19.7 Å². The highest BCUT2D eigenvalue weighted by Crippen LogP contribution is 2.25. The third-order valence-corrected chi connectivity index (χ3v) is 4.31. The monoisotopic (exact) mass is 390 g/mol. The maximum absolute atomic E-state index is 12.4. The van der Waals surface area contributed by atoms with Crippen LogP contribution in [0.5, 0.6) is 11.5 Å². The molecule has 1 N–H and O–H groups in total. The number of anilines is 1. The van der Waals surface area contributed by atoms with Crippen LogP contribution in [-0.4, -0.2) is 39.1 Å². The van der Waals surface area contributed by atoms with Crippen molar-refractivity contribution in [2.75, 3.05) is 32.2 Å². The summed E-state index contributed by atoms with van der Waals surface area (Å²) >= 11 is 6.06. The van der Waals surface area contributed by atoms with Gasteiger partial charge in [0.05, 0.1) is 14.2 Å². The second-order valence-corrected chi connectivity index (χ2v) is 6.40. The van der Waals surface area contributed by atoms with Crippen LogP contribution in [0, 0.1) is 6.92 Å². The highest BCUT2D eigenvalue weighted by atomic mass is 35.5. The molecule has 0 spiro atoms. The number of aryl methyl sites for hydroxylation is 1. The summed E-state index contributed by atoms with van der Waals surface area (Å²) in [5.41, 5.74) is 2.07. The van der Waals surface area contributed by atoms with E-state index in [0.29, 0.717) is 28.6 Å². The largest absolute Gasteiger partial charge is 0.497 e. The van der Waals surface area contributed by atoms with Gasteiger partial charge in [-0.05, 0) is 36.8 Å². The SMILES string of the molecule is COc1cc(OC)cc(C(=O)NCCN(C(C)=O)c2cc(Cl)ccc2C)c1. The lowest BCUT2D eigenvalue weighted by molar-refractivity contribution is -0.116. The second-order valence-electron chi connectivity index (χ2n) is 5.96. The van der Waals surface area contributed by atoms with Crippen molar-refractivity contribution in [2.45, 2.75) is 13.8 Å². The van der Waals surface area contributed by atoms with Crippen LogP contribution in [0.4, 0.5) is 5.69 Å². The fourth-order valence-corrected chi connectivity index (χ4v) is 2.81. The molecule has 7 heteroatoms. The zero-order valence-electron chi connectivity index (χ0n) is 15.8. The van der Waals surface area contributed by atoms with Gasteiger partial charge in [0.1, 0.15) is 11.5 Å². The van der Waals surface area contributed by atoms with E-state index >= 15 is 0 Å². The fourth-order valence-electron chi connectivity index (χ4n) is 2.64. The Morgan fingerprint density at radius 2 is 1.70 bits per heavy atom. The Morgan fingerprint density at radius 1 is 1.07 bits per heavy atom. The molecular weight excluding hydrogens is 368 g/mol. The first-order chi connectivity index (χ1) is 12.8. The van der Waals surface area contributed by atoms with Gasteiger partial charge in [-0.2, -0.15) is 0 Å². The molecule has 2 rings (SSSR count). The molecule has 0 saturated heterocycles. The van der Waals surface area contributed by atoms with Crippen LogP contribution in [0.1, 0.15) is 22.8 Å². The number of rotatable bonds is 7. The predicted molar refractivity (Wildman–Crippen MR) is 106 cm³/mol. The molecule has 2 amide bonds. The average Bonchev–Trinajstić information content (AvgIpc) is 2.66. The first kappa shape index (κ1) is 20.6. The van der Waals surface area contributed by atoms with E-state index in [2.05, 4.69) is 5.32 Å². The molecule has 0 fully saturated rings. The molecule has 0 heterocycles. The van der Waals surface area contributed by atoms with E-state index in [-0.39, 0.29) is 18.4 Å². The van der Waals surface area contributed by atoms with Crippen LogP contribution in [0.3, 0.4) is 0 Å². The van der Waals surface area contributed by atoms with Gasteiger partial charge in [-0.25, -0.2) is 0 Å². The Kier molecular flexibility index (Phi) is 7.07. The lowest BCUT2D eigenvalue weighted by Gasteiger charge is -2.23. The summed E-state index contributed by atoms with van der Waals surface area (Å²) in [6.07, 6.45) is 0. The molecule has 0 atom stereocenters. The molecule has 0 aliphatic rings. The molecule has 27 heavy (non-hydrogen) atoms. The minimum absolute atomic E-state index is 0.127. The van der Waals surface area contributed by atoms with Crippen molar-refractivity contribution in [3.63, 3.8) is 0 Å². The first-order valence-electron chi connectivity index (χ1n) is 8.41. The highest BCUT2D eigenvalue weighted by Gasteiger charge is 2.15. The summed E-state index contributed by atoms with van der Waals surface area (Å²) in [6, 6.07) is 10.3. The van der Waals surface area contributed by atoms with E-state index in [4.69, 9.17) is 21.1 Å². The number of nitrogens with zero attached hydrogens (tertiary/aromatic N) is 1. The van der Waals surface area contributed by atoms with Crippen LogP contribution in [0.25, 0.3) is 0 Å². The van der Waals surface area contributed by atoms with E-state index < -0.39 is 0 Å². The molecule has 6 nitrogen and oxygen atoms in total. The van der Waals surface area contributed by atoms with Crippen molar-refractivity contribution in [1.82, 2.24) is 5.32 Å². The zero-order chi connectivity index (χ0) is 20.0. The van der Waals surface area contributed by atoms with E-state index in [1.807, 2.05) is 13.0 Å². The first-order valence-corrected chi connectivity index (χ1v) is 8.79. The van der Waals surface area contributed by atoms with Crippen LogP contribution in [0.2, 0.25) is 5.02 Å². The number of halogens is 1. The average molecular weight is 391 g/mol. The Morgan fingerprint density at radius 3 is 2.26 bits per heavy atom. The minimum Gasteiger partial charge on any atom is -0.497 e. The predicted octanol–water partition coefficient (Wildman–Crippen LogP) is 3.45. The molecule has 0 radical (unpaired) electrons. The fraction of sp³-hybridized carbons (Fsp3) is 0.300. The van der Waals surface area contributed by atoms with Gasteiger partial charge in [0, 0.05) is 42.4 Å². The Labute approximate surface area is 164 Å². The van der Waals surface area contributed by atoms with Crippen molar-refractivity contribution in [3.05, 3.63) is 52.5 Å². The minimum atomic E-state index is -0.279. The molecule has 0 saturated carbocycles. The van der Waals surface area contributed by atoms with Crippen LogP contribution in [-0.2, 0) is 4.79 Å². The summed E-state index contributed by atoms with van der Waals surface area (Å²) in [4.78, 5) is 26.1. The number of ether oxygens (including phenoxy) is 2. The maximum Gasteiger partial charge on any atom is 0.251 e. The number of carbonyl (C=O) groups excluding carboxylic acids is 2. The summed E-state index contributed by atoms with van der Waals surface area (Å²) in [6.45, 7) is 3.99. The van der Waals surface area contributed by atoms with Crippen LogP contribution >= 0.6 is 11.6 Å². The smallest absolute Gasteiger partial charge is 0.251 e. The van der Waals surface area contributed by atoms with Gasteiger partial charge in [-0.1, -0.05) is 17.7 Å². The van der Waals surface area contributed by atoms with Gasteiger partial charge in [-0.15, -0.1) is 0 Å². The van der Waals surface area contributed by atoms with E-state index in [1.54, 1.807) is 35.2 Å². The number of hydrogen-bond donors (Lipinski definition) is 1. The Balaban J connectivity index is 2.08. The third-order valence-electron chi connectivity index (χ3n) is 4.08. The second kappa shape index (κ2) is 9.28. The number of amides is 2. The van der Waals surface area contributed by atoms with Gasteiger partial charge in [-0.3, -0.25) is 9.59 Å². The Bertz CT molecular complexity index is 816. The number of carbonyl (C=O) groups is 2. The van der Waals surface area contributed by atoms with Gasteiger partial charge >= 0.3 is 0 Å². The van der Waals surface area contributed by atoms with E-state index in [9.17, 15) is 9.59 Å². The van der Waals surface area contributed by atoms with Crippen molar-refractivity contribution >= 4 is 29.1 Å².